The third kappa shape index (κ3) is 5.16. The third-order valence-corrected chi connectivity index (χ3v) is 8.46. The Morgan fingerprint density at radius 2 is 2.03 bits per heavy atom. The van der Waals surface area contributed by atoms with E-state index in [-0.39, 0.29) is 35.0 Å². The molecular formula is C28H36N4O6. The monoisotopic (exact) mass is 524 g/mol. The predicted octanol–water partition coefficient (Wildman–Crippen LogP) is 5.28. The molecule has 1 saturated heterocycles. The summed E-state index contributed by atoms with van der Waals surface area (Å²) in [6, 6.07) is 9.63. The van der Waals surface area contributed by atoms with Crippen molar-refractivity contribution >= 4 is 24.1 Å². The number of hydrazone groups is 1. The summed E-state index contributed by atoms with van der Waals surface area (Å²) in [5.74, 6) is 0.671. The fourth-order valence-corrected chi connectivity index (χ4v) is 6.29. The molecule has 2 fully saturated rings. The van der Waals surface area contributed by atoms with Crippen molar-refractivity contribution < 1.29 is 23.7 Å². The molecule has 3 unspecified atom stereocenters. The number of hydrogen-bond acceptors (Lipinski definition) is 7. The van der Waals surface area contributed by atoms with Gasteiger partial charge in [-0.1, -0.05) is 52.3 Å². The van der Waals surface area contributed by atoms with E-state index in [1.807, 2.05) is 0 Å². The van der Waals surface area contributed by atoms with Crippen molar-refractivity contribution in [3.8, 4) is 0 Å². The Balaban J connectivity index is 0.000000186. The van der Waals surface area contributed by atoms with Crippen LogP contribution in [0.2, 0.25) is 0 Å². The average Bonchev–Trinajstić information content (AvgIpc) is 3.51. The number of aryl methyl sites for hydroxylation is 1. The second kappa shape index (κ2) is 10.6. The zero-order valence-corrected chi connectivity index (χ0v) is 22.4. The lowest BCUT2D eigenvalue weighted by Gasteiger charge is -2.54. The van der Waals surface area contributed by atoms with E-state index in [0.29, 0.717) is 18.4 Å². The Morgan fingerprint density at radius 3 is 2.63 bits per heavy atom. The predicted molar refractivity (Wildman–Crippen MR) is 142 cm³/mol. The van der Waals surface area contributed by atoms with Crippen molar-refractivity contribution in [3.63, 3.8) is 0 Å². The Kier molecular flexibility index (Phi) is 7.62. The molecule has 1 aromatic carbocycles. The molecule has 1 saturated carbocycles. The van der Waals surface area contributed by atoms with E-state index in [1.54, 1.807) is 0 Å². The molecule has 2 aromatic rings. The summed E-state index contributed by atoms with van der Waals surface area (Å²) in [5.41, 5.74) is 9.97. The summed E-state index contributed by atoms with van der Waals surface area (Å²) >= 11 is 0. The van der Waals surface area contributed by atoms with E-state index in [2.05, 4.69) is 55.7 Å². The Hall–Kier alpha value is -3.69. The lowest BCUT2D eigenvalue weighted by molar-refractivity contribution is -0.402. The lowest BCUT2D eigenvalue weighted by Crippen LogP contribution is -2.54. The number of nitrogens with zero attached hydrogens (tertiary/aromatic N) is 3. The van der Waals surface area contributed by atoms with Crippen LogP contribution in [0.4, 0.5) is 10.7 Å². The highest BCUT2D eigenvalue weighted by Gasteiger charge is 2.54. The molecular weight excluding hydrogens is 488 g/mol. The van der Waals surface area contributed by atoms with Gasteiger partial charge in [-0.05, 0) is 65.7 Å². The maximum absolute atomic E-state index is 12.2. The first kappa shape index (κ1) is 27.3. The number of nitrogens with two attached hydrogens (primary N) is 1. The van der Waals surface area contributed by atoms with Gasteiger partial charge in [-0.25, -0.2) is 4.79 Å². The van der Waals surface area contributed by atoms with Crippen LogP contribution < -0.4 is 5.73 Å². The molecule has 2 N–H and O–H groups in total. The van der Waals surface area contributed by atoms with Gasteiger partial charge in [0.25, 0.3) is 0 Å². The molecule has 1 aliphatic heterocycles. The molecule has 3 atom stereocenters. The van der Waals surface area contributed by atoms with E-state index >= 15 is 0 Å². The fourth-order valence-electron chi connectivity index (χ4n) is 6.29. The number of benzene rings is 1. The molecule has 3 aliphatic rings. The van der Waals surface area contributed by atoms with Gasteiger partial charge >= 0.3 is 12.0 Å². The van der Waals surface area contributed by atoms with Crippen LogP contribution in [-0.2, 0) is 21.4 Å². The second-order valence-electron chi connectivity index (χ2n) is 11.1. The fraction of sp³-hybridized carbons (Fsp3) is 0.536. The number of carbonyl (C=O) groups excluding carboxylic acids is 2. The van der Waals surface area contributed by atoms with Crippen molar-refractivity contribution in [1.82, 2.24) is 5.01 Å². The Bertz CT molecular complexity index is 1250. The van der Waals surface area contributed by atoms with Crippen molar-refractivity contribution in [3.05, 3.63) is 62.9 Å². The highest BCUT2D eigenvalue weighted by atomic mass is 16.6. The first-order valence-corrected chi connectivity index (χ1v) is 13.1. The molecule has 10 heteroatoms. The van der Waals surface area contributed by atoms with Gasteiger partial charge < -0.3 is 14.9 Å². The number of carbonyl (C=O) groups is 2. The maximum Gasteiger partial charge on any atom is 0.433 e. The number of amides is 2. The van der Waals surface area contributed by atoms with E-state index in [0.717, 1.165) is 30.7 Å². The van der Waals surface area contributed by atoms with Gasteiger partial charge in [-0.3, -0.25) is 14.9 Å². The van der Waals surface area contributed by atoms with E-state index < -0.39 is 11.0 Å². The minimum absolute atomic E-state index is 0.102. The summed E-state index contributed by atoms with van der Waals surface area (Å²) in [7, 11) is 0. The number of primary amides is 1. The van der Waals surface area contributed by atoms with Crippen LogP contribution in [0.1, 0.15) is 81.7 Å². The van der Waals surface area contributed by atoms with Gasteiger partial charge in [0.1, 0.15) is 11.5 Å². The molecule has 2 heterocycles. The van der Waals surface area contributed by atoms with Crippen LogP contribution in [0.25, 0.3) is 0 Å². The zero-order chi connectivity index (χ0) is 27.7. The van der Waals surface area contributed by atoms with Crippen LogP contribution in [-0.4, -0.2) is 41.3 Å². The van der Waals surface area contributed by atoms with Crippen molar-refractivity contribution in [2.45, 2.75) is 71.1 Å². The molecule has 0 spiro atoms. The van der Waals surface area contributed by atoms with Crippen LogP contribution in [0, 0.1) is 21.4 Å². The number of rotatable bonds is 5. The molecule has 0 radical (unpaired) electrons. The van der Waals surface area contributed by atoms with Gasteiger partial charge in [0.15, 0.2) is 5.76 Å². The Morgan fingerprint density at radius 1 is 1.26 bits per heavy atom. The van der Waals surface area contributed by atoms with Gasteiger partial charge in [0.05, 0.1) is 18.8 Å². The van der Waals surface area contributed by atoms with Crippen LogP contribution >= 0.6 is 0 Å². The number of fused-ring (bicyclic) bond motifs is 3. The largest absolute Gasteiger partial charge is 0.446 e. The normalized spacial score (nSPS) is 26.4. The minimum Gasteiger partial charge on any atom is -0.446 e. The first-order chi connectivity index (χ1) is 18.0. The molecule has 38 heavy (non-hydrogen) atoms. The zero-order valence-electron chi connectivity index (χ0n) is 22.4. The highest BCUT2D eigenvalue weighted by Crippen LogP contribution is 2.57. The number of hydrogen-bond donors (Lipinski definition) is 1. The quantitative estimate of drug-likeness (QED) is 0.320. The molecule has 0 bridgehead atoms. The van der Waals surface area contributed by atoms with Crippen LogP contribution in [0.3, 0.4) is 0 Å². The van der Waals surface area contributed by atoms with Crippen molar-refractivity contribution in [1.29, 1.82) is 0 Å². The summed E-state index contributed by atoms with van der Waals surface area (Å²) in [4.78, 5) is 32.8. The number of cyclic esters (lactones) is 1. The minimum atomic E-state index is -0.651. The molecule has 2 amide bonds. The molecule has 2 aliphatic carbocycles. The first-order valence-electron chi connectivity index (χ1n) is 13.1. The second-order valence-corrected chi connectivity index (χ2v) is 11.1. The lowest BCUT2D eigenvalue weighted by atomic mass is 9.49. The van der Waals surface area contributed by atoms with Gasteiger partial charge in [0, 0.05) is 5.41 Å². The summed E-state index contributed by atoms with van der Waals surface area (Å²) in [6.45, 7) is 9.61. The van der Waals surface area contributed by atoms with E-state index in [9.17, 15) is 19.7 Å². The van der Waals surface area contributed by atoms with E-state index in [1.165, 1.54) is 41.5 Å². The van der Waals surface area contributed by atoms with Gasteiger partial charge in [0.2, 0.25) is 5.91 Å². The van der Waals surface area contributed by atoms with Crippen molar-refractivity contribution in [2.24, 2.45) is 22.2 Å². The standard InChI is InChI=1S/C20H29NO.C8H7N3O5/c1-13(2)14-6-8-16-15(12-14)7-9-17-19(16,3)10-5-11-20(17,4)18(21)22;12-8-10(3-4-15-8)9-5-6-1-2-7(16-6)11(13)14/h6,8,12-13,17H,5,7,9-11H2,1-4H3,(H2,21,22);1-2,5H,3-4H2. The molecule has 5 rings (SSSR count). The SMILES string of the molecule is CC(C)c1ccc2c(c1)CCC1C(C)(C(N)=O)CCCC21C.O=C1OCCN1N=Cc1ccc([N+](=O)[O-])o1. The number of furan rings is 1. The molecule has 10 nitrogen and oxygen atoms in total. The summed E-state index contributed by atoms with van der Waals surface area (Å²) in [6.07, 6.45) is 6.06. The number of nitro groups is 1. The summed E-state index contributed by atoms with van der Waals surface area (Å²) < 4.78 is 9.44. The molecule has 1 aromatic heterocycles. The topological polar surface area (TPSA) is 141 Å². The van der Waals surface area contributed by atoms with Gasteiger partial charge in [-0.15, -0.1) is 0 Å². The van der Waals surface area contributed by atoms with Crippen LogP contribution in [0.5, 0.6) is 0 Å². The van der Waals surface area contributed by atoms with Crippen molar-refractivity contribution in [2.75, 3.05) is 13.2 Å². The summed E-state index contributed by atoms with van der Waals surface area (Å²) in [5, 5.41) is 15.2. The highest BCUT2D eigenvalue weighted by molar-refractivity contribution is 5.81. The number of ether oxygens (including phenoxy) is 1. The smallest absolute Gasteiger partial charge is 0.433 e. The van der Waals surface area contributed by atoms with E-state index in [4.69, 9.17) is 10.2 Å². The Labute approximate surface area is 222 Å². The average molecular weight is 525 g/mol. The van der Waals surface area contributed by atoms with Gasteiger partial charge in [-0.2, -0.15) is 10.1 Å². The third-order valence-electron chi connectivity index (χ3n) is 8.46. The van der Waals surface area contributed by atoms with Crippen LogP contribution in [0.15, 0.2) is 39.9 Å². The maximum atomic E-state index is 12.2. The molecule has 204 valence electrons.